The van der Waals surface area contributed by atoms with Gasteiger partial charge in [0.1, 0.15) is 0 Å². The Morgan fingerprint density at radius 2 is 2.08 bits per heavy atom. The fraction of sp³-hybridized carbons (Fsp3) is 0.571. The highest BCUT2D eigenvalue weighted by molar-refractivity contribution is 5.85. The summed E-state index contributed by atoms with van der Waals surface area (Å²) in [5.74, 6) is -1.13. The summed E-state index contributed by atoms with van der Waals surface area (Å²) in [5.41, 5.74) is 0.0228. The Balaban J connectivity index is 3.68. The number of carbonyl (C=O) groups is 1. The van der Waals surface area contributed by atoms with Crippen molar-refractivity contribution in [3.63, 3.8) is 0 Å². The molecule has 0 aliphatic heterocycles. The van der Waals surface area contributed by atoms with Crippen LogP contribution in [0.5, 0.6) is 0 Å². The smallest absolute Gasteiger partial charge is 0.401 e. The number of hydrogen-bond acceptors (Lipinski definition) is 2. The standard InChI is InChI=1S/C7H10F3NO2/c1-5(6(12)13)2-3-11-4-7(8,9)10/h2,11H,3-4H2,1H3,(H,12,13). The average molecular weight is 197 g/mol. The molecule has 13 heavy (non-hydrogen) atoms. The third kappa shape index (κ3) is 7.32. The van der Waals surface area contributed by atoms with Crippen molar-refractivity contribution in [3.05, 3.63) is 11.6 Å². The normalized spacial score (nSPS) is 13.1. The second-order valence-electron chi connectivity index (χ2n) is 2.44. The molecule has 0 fully saturated rings. The van der Waals surface area contributed by atoms with Crippen LogP contribution in [0.3, 0.4) is 0 Å². The summed E-state index contributed by atoms with van der Waals surface area (Å²) >= 11 is 0. The van der Waals surface area contributed by atoms with Crippen LogP contribution >= 0.6 is 0 Å². The predicted octanol–water partition coefficient (Wildman–Crippen LogP) is 1.17. The van der Waals surface area contributed by atoms with E-state index in [1.54, 1.807) is 0 Å². The lowest BCUT2D eigenvalue weighted by atomic mass is 10.3. The van der Waals surface area contributed by atoms with E-state index >= 15 is 0 Å². The summed E-state index contributed by atoms with van der Waals surface area (Å²) in [6, 6.07) is 0. The predicted molar refractivity (Wildman–Crippen MR) is 40.3 cm³/mol. The molecule has 0 radical (unpaired) electrons. The van der Waals surface area contributed by atoms with E-state index < -0.39 is 18.7 Å². The summed E-state index contributed by atoms with van der Waals surface area (Å²) in [6.07, 6.45) is -3.07. The number of rotatable bonds is 4. The van der Waals surface area contributed by atoms with E-state index in [1.807, 2.05) is 5.32 Å². The van der Waals surface area contributed by atoms with Crippen LogP contribution in [0.15, 0.2) is 11.6 Å². The number of nitrogens with one attached hydrogen (secondary N) is 1. The van der Waals surface area contributed by atoms with E-state index in [-0.39, 0.29) is 12.1 Å². The van der Waals surface area contributed by atoms with Gasteiger partial charge in [-0.15, -0.1) is 0 Å². The molecule has 0 aliphatic rings. The lowest BCUT2D eigenvalue weighted by molar-refractivity contribution is -0.132. The fourth-order valence-electron chi connectivity index (χ4n) is 0.526. The fourth-order valence-corrected chi connectivity index (χ4v) is 0.526. The molecule has 0 spiro atoms. The van der Waals surface area contributed by atoms with Crippen molar-refractivity contribution in [1.82, 2.24) is 5.32 Å². The second kappa shape index (κ2) is 4.86. The monoisotopic (exact) mass is 197 g/mol. The molecule has 0 amide bonds. The first-order valence-corrected chi connectivity index (χ1v) is 3.50. The quantitative estimate of drug-likeness (QED) is 0.525. The molecule has 2 N–H and O–H groups in total. The van der Waals surface area contributed by atoms with Gasteiger partial charge in [0.05, 0.1) is 6.54 Å². The Morgan fingerprint density at radius 3 is 2.46 bits per heavy atom. The highest BCUT2D eigenvalue weighted by Gasteiger charge is 2.25. The van der Waals surface area contributed by atoms with Crippen LogP contribution in [0.2, 0.25) is 0 Å². The van der Waals surface area contributed by atoms with E-state index in [4.69, 9.17) is 5.11 Å². The van der Waals surface area contributed by atoms with Gasteiger partial charge in [-0.1, -0.05) is 6.08 Å². The van der Waals surface area contributed by atoms with Crippen LogP contribution in [-0.4, -0.2) is 30.3 Å². The number of hydrogen-bond donors (Lipinski definition) is 2. The second-order valence-corrected chi connectivity index (χ2v) is 2.44. The first-order valence-electron chi connectivity index (χ1n) is 3.50. The van der Waals surface area contributed by atoms with Gasteiger partial charge < -0.3 is 10.4 Å². The summed E-state index contributed by atoms with van der Waals surface area (Å²) in [7, 11) is 0. The lowest BCUT2D eigenvalue weighted by Gasteiger charge is -2.05. The molecule has 0 saturated carbocycles. The first-order chi connectivity index (χ1) is 5.83. The van der Waals surface area contributed by atoms with Gasteiger partial charge in [0, 0.05) is 12.1 Å². The number of aliphatic carboxylic acids is 1. The van der Waals surface area contributed by atoms with Gasteiger partial charge in [-0.05, 0) is 6.92 Å². The largest absolute Gasteiger partial charge is 0.478 e. The van der Waals surface area contributed by atoms with Crippen molar-refractivity contribution >= 4 is 5.97 Å². The van der Waals surface area contributed by atoms with E-state index in [0.29, 0.717) is 0 Å². The molecular formula is C7H10F3NO2. The molecule has 0 atom stereocenters. The molecule has 0 aromatic carbocycles. The van der Waals surface area contributed by atoms with Crippen LogP contribution in [0, 0.1) is 0 Å². The Labute approximate surface area is 73.2 Å². The van der Waals surface area contributed by atoms with E-state index in [9.17, 15) is 18.0 Å². The van der Waals surface area contributed by atoms with Crippen molar-refractivity contribution in [3.8, 4) is 0 Å². The van der Waals surface area contributed by atoms with E-state index in [0.717, 1.165) is 0 Å². The maximum absolute atomic E-state index is 11.5. The number of alkyl halides is 3. The highest BCUT2D eigenvalue weighted by atomic mass is 19.4. The third-order valence-electron chi connectivity index (χ3n) is 1.22. The molecule has 0 aliphatic carbocycles. The molecule has 0 heterocycles. The Morgan fingerprint density at radius 1 is 1.54 bits per heavy atom. The van der Waals surface area contributed by atoms with Crippen LogP contribution < -0.4 is 5.32 Å². The van der Waals surface area contributed by atoms with Crippen molar-refractivity contribution in [2.45, 2.75) is 13.1 Å². The topological polar surface area (TPSA) is 49.3 Å². The zero-order valence-electron chi connectivity index (χ0n) is 6.98. The minimum atomic E-state index is -4.26. The Hall–Kier alpha value is -1.04. The summed E-state index contributed by atoms with van der Waals surface area (Å²) in [6.45, 7) is 0.103. The van der Waals surface area contributed by atoms with Crippen LogP contribution in [0.25, 0.3) is 0 Å². The van der Waals surface area contributed by atoms with Gasteiger partial charge in [-0.3, -0.25) is 0 Å². The number of carboxylic acids is 1. The molecule has 0 bridgehead atoms. The maximum Gasteiger partial charge on any atom is 0.401 e. The minimum absolute atomic E-state index is 0.0228. The summed E-state index contributed by atoms with van der Waals surface area (Å²) < 4.78 is 34.6. The van der Waals surface area contributed by atoms with Crippen LogP contribution in [0.1, 0.15) is 6.92 Å². The van der Waals surface area contributed by atoms with E-state index in [2.05, 4.69) is 0 Å². The van der Waals surface area contributed by atoms with Crippen molar-refractivity contribution < 1.29 is 23.1 Å². The van der Waals surface area contributed by atoms with Gasteiger partial charge in [0.2, 0.25) is 0 Å². The molecule has 3 nitrogen and oxygen atoms in total. The van der Waals surface area contributed by atoms with Crippen molar-refractivity contribution in [2.24, 2.45) is 0 Å². The van der Waals surface area contributed by atoms with Crippen molar-refractivity contribution in [1.29, 1.82) is 0 Å². The van der Waals surface area contributed by atoms with Crippen molar-refractivity contribution in [2.75, 3.05) is 13.1 Å². The Bertz CT molecular complexity index is 210. The molecular weight excluding hydrogens is 187 g/mol. The highest BCUT2D eigenvalue weighted by Crippen LogP contribution is 2.11. The molecule has 76 valence electrons. The van der Waals surface area contributed by atoms with Gasteiger partial charge in [0.15, 0.2) is 0 Å². The number of halogens is 3. The molecule has 6 heteroatoms. The summed E-state index contributed by atoms with van der Waals surface area (Å²) in [5, 5.41) is 10.4. The Kier molecular flexibility index (Phi) is 4.47. The maximum atomic E-state index is 11.5. The minimum Gasteiger partial charge on any atom is -0.478 e. The van der Waals surface area contributed by atoms with Gasteiger partial charge in [-0.25, -0.2) is 4.79 Å². The SMILES string of the molecule is CC(=CCNCC(F)(F)F)C(=O)O. The first kappa shape index (κ1) is 12.0. The van der Waals surface area contributed by atoms with Crippen LogP contribution in [-0.2, 0) is 4.79 Å². The van der Waals surface area contributed by atoms with Crippen LogP contribution in [0.4, 0.5) is 13.2 Å². The molecule has 0 aromatic rings. The lowest BCUT2D eigenvalue weighted by Crippen LogP contribution is -2.29. The van der Waals surface area contributed by atoms with Gasteiger partial charge >= 0.3 is 12.1 Å². The van der Waals surface area contributed by atoms with Gasteiger partial charge in [0.25, 0.3) is 0 Å². The molecule has 0 rings (SSSR count). The third-order valence-corrected chi connectivity index (χ3v) is 1.22. The zero-order chi connectivity index (χ0) is 10.5. The molecule has 0 saturated heterocycles. The van der Waals surface area contributed by atoms with Gasteiger partial charge in [-0.2, -0.15) is 13.2 Å². The molecule has 0 aromatic heterocycles. The molecule has 0 unspecified atom stereocenters. The zero-order valence-corrected chi connectivity index (χ0v) is 6.98. The van der Waals surface area contributed by atoms with E-state index in [1.165, 1.54) is 13.0 Å². The number of carboxylic acid groups (broad SMARTS) is 1. The summed E-state index contributed by atoms with van der Waals surface area (Å²) in [4.78, 5) is 10.2. The average Bonchev–Trinajstić information content (AvgIpc) is 1.95.